The SMILES string of the molecule is O=c1cc(C2CCCC2)[nH]c2c(Cl)cc(F)cc12. The largest absolute Gasteiger partial charge is 0.357 e. The van der Waals surface area contributed by atoms with Gasteiger partial charge in [0.2, 0.25) is 0 Å². The minimum atomic E-state index is -0.480. The molecule has 0 saturated heterocycles. The van der Waals surface area contributed by atoms with E-state index in [9.17, 15) is 9.18 Å². The molecule has 1 fully saturated rings. The highest BCUT2D eigenvalue weighted by atomic mass is 35.5. The topological polar surface area (TPSA) is 32.9 Å². The number of H-pyrrole nitrogens is 1. The molecule has 1 aromatic carbocycles. The molecule has 0 aliphatic heterocycles. The second-order valence-corrected chi connectivity index (χ2v) is 5.29. The van der Waals surface area contributed by atoms with E-state index in [0.717, 1.165) is 18.5 Å². The first kappa shape index (κ1) is 11.7. The van der Waals surface area contributed by atoms with Gasteiger partial charge in [0, 0.05) is 17.1 Å². The van der Waals surface area contributed by atoms with Gasteiger partial charge in [0.15, 0.2) is 5.43 Å². The zero-order chi connectivity index (χ0) is 12.7. The van der Waals surface area contributed by atoms with E-state index in [1.165, 1.54) is 25.0 Å². The minimum absolute atomic E-state index is 0.160. The number of fused-ring (bicyclic) bond motifs is 1. The van der Waals surface area contributed by atoms with Crippen LogP contribution < -0.4 is 5.43 Å². The summed E-state index contributed by atoms with van der Waals surface area (Å²) in [6.45, 7) is 0. The van der Waals surface area contributed by atoms with Gasteiger partial charge in [-0.25, -0.2) is 4.39 Å². The van der Waals surface area contributed by atoms with Gasteiger partial charge in [-0.3, -0.25) is 4.79 Å². The molecule has 0 atom stereocenters. The maximum Gasteiger partial charge on any atom is 0.189 e. The van der Waals surface area contributed by atoms with Gasteiger partial charge in [-0.1, -0.05) is 24.4 Å². The van der Waals surface area contributed by atoms with Crippen LogP contribution in [0.3, 0.4) is 0 Å². The predicted molar refractivity (Wildman–Crippen MR) is 70.7 cm³/mol. The molecule has 18 heavy (non-hydrogen) atoms. The van der Waals surface area contributed by atoms with Crippen LogP contribution in [0.4, 0.5) is 4.39 Å². The smallest absolute Gasteiger partial charge is 0.189 e. The van der Waals surface area contributed by atoms with Gasteiger partial charge in [0.1, 0.15) is 5.82 Å². The molecular weight excluding hydrogens is 253 g/mol. The second-order valence-electron chi connectivity index (χ2n) is 4.88. The van der Waals surface area contributed by atoms with Crippen LogP contribution in [0.5, 0.6) is 0 Å². The Kier molecular flexibility index (Phi) is 2.86. The molecule has 2 nitrogen and oxygen atoms in total. The number of benzene rings is 1. The average Bonchev–Trinajstić information content (AvgIpc) is 2.83. The van der Waals surface area contributed by atoms with E-state index in [1.54, 1.807) is 6.07 Å². The molecule has 1 aromatic heterocycles. The van der Waals surface area contributed by atoms with Crippen molar-refractivity contribution in [2.45, 2.75) is 31.6 Å². The summed E-state index contributed by atoms with van der Waals surface area (Å²) in [5.41, 5.74) is 1.32. The summed E-state index contributed by atoms with van der Waals surface area (Å²) >= 11 is 6.00. The van der Waals surface area contributed by atoms with Crippen molar-refractivity contribution in [3.63, 3.8) is 0 Å². The number of nitrogens with one attached hydrogen (secondary N) is 1. The van der Waals surface area contributed by atoms with Gasteiger partial charge < -0.3 is 4.98 Å². The fourth-order valence-corrected chi connectivity index (χ4v) is 3.00. The molecule has 0 bridgehead atoms. The highest BCUT2D eigenvalue weighted by Crippen LogP contribution is 2.33. The molecule has 1 heterocycles. The van der Waals surface area contributed by atoms with Crippen LogP contribution >= 0.6 is 11.6 Å². The summed E-state index contributed by atoms with van der Waals surface area (Å²) in [5, 5.41) is 0.587. The summed E-state index contributed by atoms with van der Waals surface area (Å²) < 4.78 is 13.2. The fourth-order valence-electron chi connectivity index (χ4n) is 2.75. The summed E-state index contributed by atoms with van der Waals surface area (Å²) in [4.78, 5) is 15.2. The molecule has 4 heteroatoms. The summed E-state index contributed by atoms with van der Waals surface area (Å²) in [7, 11) is 0. The number of rotatable bonds is 1. The van der Waals surface area contributed by atoms with Crippen LogP contribution in [0, 0.1) is 5.82 Å². The standard InChI is InChI=1S/C14H13ClFNO/c15-11-6-9(16)5-10-13(18)7-12(17-14(10)11)8-3-1-2-4-8/h5-8H,1-4H2,(H,17,18). The van der Waals surface area contributed by atoms with Gasteiger partial charge >= 0.3 is 0 Å². The minimum Gasteiger partial charge on any atom is -0.357 e. The molecule has 1 saturated carbocycles. The third-order valence-electron chi connectivity index (χ3n) is 3.67. The fraction of sp³-hybridized carbons (Fsp3) is 0.357. The molecule has 1 aliphatic carbocycles. The van der Waals surface area contributed by atoms with Crippen molar-refractivity contribution in [1.29, 1.82) is 0 Å². The lowest BCUT2D eigenvalue weighted by molar-refractivity contribution is 0.629. The molecule has 94 valence electrons. The lowest BCUT2D eigenvalue weighted by atomic mass is 10.0. The van der Waals surface area contributed by atoms with Crippen molar-refractivity contribution in [3.05, 3.63) is 45.0 Å². The normalized spacial score (nSPS) is 16.6. The van der Waals surface area contributed by atoms with Crippen LogP contribution in [0.15, 0.2) is 23.0 Å². The molecule has 1 N–H and O–H groups in total. The lowest BCUT2D eigenvalue weighted by Crippen LogP contribution is -2.08. The Morgan fingerprint density at radius 1 is 1.22 bits per heavy atom. The highest BCUT2D eigenvalue weighted by Gasteiger charge is 2.19. The van der Waals surface area contributed by atoms with E-state index in [2.05, 4.69) is 4.98 Å². The van der Waals surface area contributed by atoms with E-state index in [1.807, 2.05) is 0 Å². The van der Waals surface area contributed by atoms with Crippen molar-refractivity contribution >= 4 is 22.5 Å². The average molecular weight is 266 g/mol. The lowest BCUT2D eigenvalue weighted by Gasteiger charge is -2.11. The molecule has 0 unspecified atom stereocenters. The summed E-state index contributed by atoms with van der Waals surface area (Å²) in [6.07, 6.45) is 4.59. The highest BCUT2D eigenvalue weighted by molar-refractivity contribution is 6.35. The van der Waals surface area contributed by atoms with Crippen LogP contribution in [-0.4, -0.2) is 4.98 Å². The molecule has 0 spiro atoms. The van der Waals surface area contributed by atoms with Crippen molar-refractivity contribution in [3.8, 4) is 0 Å². The molecule has 1 aliphatic rings. The Morgan fingerprint density at radius 3 is 2.67 bits per heavy atom. The van der Waals surface area contributed by atoms with E-state index >= 15 is 0 Å². The zero-order valence-electron chi connectivity index (χ0n) is 9.80. The van der Waals surface area contributed by atoms with E-state index in [0.29, 0.717) is 16.8 Å². The molecule has 0 amide bonds. The maximum absolute atomic E-state index is 13.2. The van der Waals surface area contributed by atoms with E-state index < -0.39 is 5.82 Å². The van der Waals surface area contributed by atoms with Gasteiger partial charge in [0.05, 0.1) is 10.5 Å². The quantitative estimate of drug-likeness (QED) is 0.831. The predicted octanol–water partition coefficient (Wildman–Crippen LogP) is 3.98. The molecular formula is C14H13ClFNO. The second kappa shape index (κ2) is 4.39. The van der Waals surface area contributed by atoms with Gasteiger partial charge in [0.25, 0.3) is 0 Å². The maximum atomic E-state index is 13.2. The Bertz CT molecular complexity index is 659. The van der Waals surface area contributed by atoms with Crippen LogP contribution in [0.2, 0.25) is 5.02 Å². The molecule has 3 rings (SSSR count). The van der Waals surface area contributed by atoms with E-state index in [-0.39, 0.29) is 10.5 Å². The Hall–Kier alpha value is -1.35. The van der Waals surface area contributed by atoms with Gasteiger partial charge in [-0.2, -0.15) is 0 Å². The number of aromatic amines is 1. The van der Waals surface area contributed by atoms with E-state index in [4.69, 9.17) is 11.6 Å². The van der Waals surface area contributed by atoms with Crippen molar-refractivity contribution < 1.29 is 4.39 Å². The monoisotopic (exact) mass is 265 g/mol. The van der Waals surface area contributed by atoms with Crippen LogP contribution in [0.1, 0.15) is 37.3 Å². The Morgan fingerprint density at radius 2 is 1.94 bits per heavy atom. The zero-order valence-corrected chi connectivity index (χ0v) is 10.6. The first-order chi connectivity index (χ1) is 8.65. The summed E-state index contributed by atoms with van der Waals surface area (Å²) in [6, 6.07) is 4.06. The van der Waals surface area contributed by atoms with Gasteiger partial charge in [-0.15, -0.1) is 0 Å². The first-order valence-electron chi connectivity index (χ1n) is 6.17. The van der Waals surface area contributed by atoms with Gasteiger partial charge in [-0.05, 0) is 30.9 Å². The van der Waals surface area contributed by atoms with Crippen molar-refractivity contribution in [2.24, 2.45) is 0 Å². The number of hydrogen-bond donors (Lipinski definition) is 1. The number of aromatic nitrogens is 1. The Labute approximate surface area is 109 Å². The van der Waals surface area contributed by atoms with Crippen molar-refractivity contribution in [2.75, 3.05) is 0 Å². The summed E-state index contributed by atoms with van der Waals surface area (Å²) in [5.74, 6) is -0.0742. The van der Waals surface area contributed by atoms with Crippen molar-refractivity contribution in [1.82, 2.24) is 4.98 Å². The third kappa shape index (κ3) is 1.93. The Balaban J connectivity index is 2.23. The third-order valence-corrected chi connectivity index (χ3v) is 3.97. The first-order valence-corrected chi connectivity index (χ1v) is 6.55. The molecule has 0 radical (unpaired) electrons. The van der Waals surface area contributed by atoms with Crippen LogP contribution in [-0.2, 0) is 0 Å². The molecule has 2 aromatic rings. The number of halogens is 2. The number of pyridine rings is 1. The number of hydrogen-bond acceptors (Lipinski definition) is 1. The van der Waals surface area contributed by atoms with Crippen LogP contribution in [0.25, 0.3) is 10.9 Å².